The lowest BCUT2D eigenvalue weighted by Gasteiger charge is -2.33. The van der Waals surface area contributed by atoms with Crippen molar-refractivity contribution in [3.05, 3.63) is 116 Å². The summed E-state index contributed by atoms with van der Waals surface area (Å²) in [7, 11) is 1.25. The molecule has 4 aromatic rings. The maximum Gasteiger partial charge on any atom is 0.123 e. The molecular weight excluding hydrogens is 685 g/mol. The van der Waals surface area contributed by atoms with E-state index in [9.17, 15) is 0 Å². The molecule has 0 spiro atoms. The van der Waals surface area contributed by atoms with E-state index in [0.717, 1.165) is 24.3 Å². The quantitative estimate of drug-likeness (QED) is 0.183. The van der Waals surface area contributed by atoms with E-state index in [1.54, 1.807) is 10.4 Å². The predicted octanol–water partition coefficient (Wildman–Crippen LogP) is 14.4. The first-order valence-corrected chi connectivity index (χ1v) is 23.4. The number of hydrogen-bond acceptors (Lipinski definition) is 2. The van der Waals surface area contributed by atoms with Crippen molar-refractivity contribution in [2.45, 2.75) is 145 Å². The van der Waals surface area contributed by atoms with Crippen LogP contribution in [0.25, 0.3) is 32.6 Å². The van der Waals surface area contributed by atoms with Crippen LogP contribution >= 0.6 is 0 Å². The summed E-state index contributed by atoms with van der Waals surface area (Å²) >= 11 is 0. The van der Waals surface area contributed by atoms with Gasteiger partial charge in [-0.25, -0.2) is 0 Å². The summed E-state index contributed by atoms with van der Waals surface area (Å²) in [4.78, 5) is 0. The van der Waals surface area contributed by atoms with Gasteiger partial charge in [-0.05, 0) is 127 Å². The lowest BCUT2D eigenvalue weighted by Crippen LogP contribution is -2.31. The minimum atomic E-state index is -2.42. The van der Waals surface area contributed by atoms with Crippen LogP contribution in [0, 0.1) is 0 Å². The lowest BCUT2D eigenvalue weighted by atomic mass is 9.78. The summed E-state index contributed by atoms with van der Waals surface area (Å²) in [5, 5.41) is 3.12. The number of allylic oxidation sites excluding steroid dienone is 2. The second-order valence-electron chi connectivity index (χ2n) is 21.2. The van der Waals surface area contributed by atoms with Crippen LogP contribution < -0.4 is 9.47 Å². The SMILES string of the molecule is COc1ccc(-c2cc(C(C)(C)C)cc(C(C)(C)C)c2)c2c1CC(C)=C2[Si](C)(C)C1=C(C)Cc2c(OC)ccc(-c3cc(C(C)(C)C)cc(C(C)(C)C)c3)c21. The van der Waals surface area contributed by atoms with E-state index in [2.05, 4.69) is 171 Å². The highest BCUT2D eigenvalue weighted by molar-refractivity contribution is 7.09. The van der Waals surface area contributed by atoms with Crippen molar-refractivity contribution < 1.29 is 9.47 Å². The van der Waals surface area contributed by atoms with Gasteiger partial charge in [-0.3, -0.25) is 0 Å². The zero-order chi connectivity index (χ0) is 40.8. The van der Waals surface area contributed by atoms with Crippen LogP contribution in [-0.2, 0) is 34.5 Å². The van der Waals surface area contributed by atoms with Gasteiger partial charge in [-0.2, -0.15) is 0 Å². The first kappa shape index (κ1) is 40.8. The molecule has 0 N–H and O–H groups in total. The summed E-state index contributed by atoms with van der Waals surface area (Å²) < 4.78 is 12.3. The van der Waals surface area contributed by atoms with Crippen LogP contribution in [0.4, 0.5) is 0 Å². The van der Waals surface area contributed by atoms with Crippen molar-refractivity contribution in [2.75, 3.05) is 14.2 Å². The van der Waals surface area contributed by atoms with Crippen LogP contribution in [0.3, 0.4) is 0 Å². The van der Waals surface area contributed by atoms with Crippen LogP contribution in [0.2, 0.25) is 13.1 Å². The van der Waals surface area contributed by atoms with E-state index in [1.165, 1.54) is 77.9 Å². The standard InChI is InChI=1S/C52H68O2Si/c1-31-23-41-43(53-15)21-19-39(33-25-35(49(3,4)5)29-36(26-33)50(6,7)8)45(41)47(31)55(17,18)48-32(2)24-42-44(54-16)22-20-40(46(42)48)34-27-37(51(9,10)11)30-38(28-34)52(12,13)14/h19-22,25-30H,23-24H2,1-18H3. The molecule has 0 aromatic heterocycles. The molecule has 0 unspecified atom stereocenters. The Morgan fingerprint density at radius 3 is 1.00 bits per heavy atom. The highest BCUT2D eigenvalue weighted by Gasteiger charge is 2.44. The van der Waals surface area contributed by atoms with Crippen LogP contribution in [0.5, 0.6) is 11.5 Å². The molecule has 0 saturated carbocycles. The molecule has 0 bridgehead atoms. The second-order valence-corrected chi connectivity index (χ2v) is 25.5. The monoisotopic (exact) mass is 752 g/mol. The lowest BCUT2D eigenvalue weighted by molar-refractivity contribution is 0.410. The molecular formula is C52H68O2Si. The molecule has 6 rings (SSSR count). The molecule has 3 heteroatoms. The number of hydrogen-bond donors (Lipinski definition) is 0. The van der Waals surface area contributed by atoms with E-state index < -0.39 is 8.07 Å². The van der Waals surface area contributed by atoms with Crippen LogP contribution in [-0.4, -0.2) is 22.3 Å². The normalized spacial score (nSPS) is 15.2. The Morgan fingerprint density at radius 1 is 0.455 bits per heavy atom. The number of benzene rings is 4. The largest absolute Gasteiger partial charge is 0.496 e. The number of fused-ring (bicyclic) bond motifs is 2. The van der Waals surface area contributed by atoms with Gasteiger partial charge in [0.2, 0.25) is 0 Å². The van der Waals surface area contributed by atoms with Crippen molar-refractivity contribution in [3.63, 3.8) is 0 Å². The maximum atomic E-state index is 6.16. The number of rotatable bonds is 6. The van der Waals surface area contributed by atoms with E-state index in [-0.39, 0.29) is 21.7 Å². The Labute approximate surface area is 335 Å². The highest BCUT2D eigenvalue weighted by atomic mass is 28.3. The summed E-state index contributed by atoms with van der Waals surface area (Å²) in [6.07, 6.45) is 1.83. The fourth-order valence-electron chi connectivity index (χ4n) is 9.29. The summed E-state index contributed by atoms with van der Waals surface area (Å²) in [5.74, 6) is 1.99. The van der Waals surface area contributed by atoms with Gasteiger partial charge < -0.3 is 9.47 Å². The van der Waals surface area contributed by atoms with E-state index in [1.807, 2.05) is 14.2 Å². The molecule has 2 aliphatic rings. The second kappa shape index (κ2) is 13.7. The topological polar surface area (TPSA) is 18.5 Å². The zero-order valence-electron chi connectivity index (χ0n) is 37.5. The average Bonchev–Trinajstić information content (AvgIpc) is 3.62. The van der Waals surface area contributed by atoms with Crippen molar-refractivity contribution in [1.82, 2.24) is 0 Å². The van der Waals surface area contributed by atoms with Gasteiger partial charge >= 0.3 is 0 Å². The first-order chi connectivity index (χ1) is 25.3. The van der Waals surface area contributed by atoms with E-state index in [4.69, 9.17) is 9.47 Å². The van der Waals surface area contributed by atoms with Gasteiger partial charge in [0.15, 0.2) is 0 Å². The molecule has 55 heavy (non-hydrogen) atoms. The molecule has 4 aromatic carbocycles. The summed E-state index contributed by atoms with van der Waals surface area (Å²) in [5.41, 5.74) is 19.3. The number of methoxy groups -OCH3 is 2. The first-order valence-electron chi connectivity index (χ1n) is 20.4. The van der Waals surface area contributed by atoms with Gasteiger partial charge in [-0.15, -0.1) is 0 Å². The Kier molecular flexibility index (Phi) is 10.2. The van der Waals surface area contributed by atoms with Gasteiger partial charge in [0.05, 0.1) is 14.2 Å². The van der Waals surface area contributed by atoms with Crippen molar-refractivity contribution in [3.8, 4) is 33.8 Å². The van der Waals surface area contributed by atoms with Crippen molar-refractivity contribution >= 4 is 18.5 Å². The molecule has 292 valence electrons. The Morgan fingerprint density at radius 2 is 0.745 bits per heavy atom. The Hall–Kier alpha value is -3.82. The van der Waals surface area contributed by atoms with Crippen molar-refractivity contribution in [2.24, 2.45) is 0 Å². The average molecular weight is 753 g/mol. The molecule has 0 atom stereocenters. The van der Waals surface area contributed by atoms with Gasteiger partial charge in [0.25, 0.3) is 0 Å². The molecule has 2 nitrogen and oxygen atoms in total. The fourth-order valence-corrected chi connectivity index (χ4v) is 13.7. The van der Waals surface area contributed by atoms with Gasteiger partial charge in [0.1, 0.15) is 19.6 Å². The Balaban J connectivity index is 1.64. The molecule has 0 saturated heterocycles. The van der Waals surface area contributed by atoms with Crippen molar-refractivity contribution in [1.29, 1.82) is 0 Å². The van der Waals surface area contributed by atoms with Crippen LogP contribution in [0.15, 0.2) is 71.8 Å². The Bertz CT molecular complexity index is 2020. The predicted molar refractivity (Wildman–Crippen MR) is 242 cm³/mol. The maximum absolute atomic E-state index is 6.16. The summed E-state index contributed by atoms with van der Waals surface area (Å²) in [6.45, 7) is 38.0. The summed E-state index contributed by atoms with van der Waals surface area (Å²) in [6, 6.07) is 23.8. The molecule has 0 radical (unpaired) electrons. The van der Waals surface area contributed by atoms with Gasteiger partial charge in [-0.1, -0.05) is 156 Å². The fraction of sp³-hybridized carbons (Fsp3) is 0.462. The molecule has 0 fully saturated rings. The molecule has 2 aliphatic carbocycles. The third-order valence-electron chi connectivity index (χ3n) is 12.4. The van der Waals surface area contributed by atoms with E-state index in [0.29, 0.717) is 0 Å². The molecule has 0 heterocycles. The molecule has 0 amide bonds. The van der Waals surface area contributed by atoms with Crippen LogP contribution in [0.1, 0.15) is 141 Å². The highest BCUT2D eigenvalue weighted by Crippen LogP contribution is 2.55. The third kappa shape index (κ3) is 7.32. The van der Waals surface area contributed by atoms with Gasteiger partial charge in [0, 0.05) is 11.1 Å². The minimum absolute atomic E-state index is 0.0242. The number of ether oxygens (including phenoxy) is 2. The smallest absolute Gasteiger partial charge is 0.123 e. The minimum Gasteiger partial charge on any atom is -0.496 e. The third-order valence-corrected chi connectivity index (χ3v) is 16.3. The molecule has 0 aliphatic heterocycles. The zero-order valence-corrected chi connectivity index (χ0v) is 38.5. The van der Waals surface area contributed by atoms with E-state index >= 15 is 0 Å².